The van der Waals surface area contributed by atoms with Crippen LogP contribution in [-0.2, 0) is 0 Å². The van der Waals surface area contributed by atoms with Crippen molar-refractivity contribution in [2.45, 2.75) is 0 Å². The third-order valence-corrected chi connectivity index (χ3v) is 4.39. The van der Waals surface area contributed by atoms with Crippen molar-refractivity contribution >= 4 is 0 Å². The van der Waals surface area contributed by atoms with E-state index in [1.807, 2.05) is 30.3 Å². The first kappa shape index (κ1) is 15.2. The summed E-state index contributed by atoms with van der Waals surface area (Å²) >= 11 is 0. The number of hydrogen-bond acceptors (Lipinski definition) is 1. The Balaban J connectivity index is 1.93. The molecule has 4 rings (SSSR count). The molecule has 0 atom stereocenters. The van der Waals surface area contributed by atoms with E-state index >= 15 is 0 Å². The van der Waals surface area contributed by atoms with Gasteiger partial charge in [-0.1, -0.05) is 91.0 Å². The van der Waals surface area contributed by atoms with Crippen molar-refractivity contribution < 1.29 is 5.11 Å². The summed E-state index contributed by atoms with van der Waals surface area (Å²) in [4.78, 5) is 0. The summed E-state index contributed by atoms with van der Waals surface area (Å²) in [7, 11) is 0. The van der Waals surface area contributed by atoms with Crippen molar-refractivity contribution in [3.63, 3.8) is 0 Å². The van der Waals surface area contributed by atoms with E-state index in [0.29, 0.717) is 0 Å². The summed E-state index contributed by atoms with van der Waals surface area (Å²) in [6.07, 6.45) is 0. The monoisotopic (exact) mass is 322 g/mol. The van der Waals surface area contributed by atoms with Crippen molar-refractivity contribution in [3.05, 3.63) is 103 Å². The van der Waals surface area contributed by atoms with E-state index in [9.17, 15) is 5.11 Å². The molecule has 0 amide bonds. The van der Waals surface area contributed by atoms with Crippen LogP contribution in [0.15, 0.2) is 103 Å². The average Bonchev–Trinajstić information content (AvgIpc) is 2.69. The van der Waals surface area contributed by atoms with E-state index in [-0.39, 0.29) is 5.75 Å². The molecule has 0 aliphatic rings. The molecular weight excluding hydrogens is 304 g/mol. The van der Waals surface area contributed by atoms with Gasteiger partial charge in [0, 0.05) is 0 Å². The molecule has 0 spiro atoms. The maximum atomic E-state index is 9.87. The Hall–Kier alpha value is -3.32. The van der Waals surface area contributed by atoms with Gasteiger partial charge in [-0.05, 0) is 45.5 Å². The molecule has 4 aromatic carbocycles. The third-order valence-electron chi connectivity index (χ3n) is 4.39. The number of phenols is 1. The number of aromatic hydroxyl groups is 1. The number of benzene rings is 4. The van der Waals surface area contributed by atoms with E-state index in [0.717, 1.165) is 16.7 Å². The first-order chi connectivity index (χ1) is 12.3. The number of rotatable bonds is 3. The molecule has 0 aliphatic carbocycles. The zero-order chi connectivity index (χ0) is 17.1. The lowest BCUT2D eigenvalue weighted by atomic mass is 9.89. The van der Waals surface area contributed by atoms with Crippen LogP contribution in [0.4, 0.5) is 0 Å². The highest BCUT2D eigenvalue weighted by Gasteiger charge is 2.11. The fourth-order valence-corrected chi connectivity index (χ4v) is 3.23. The standard InChI is InChI=1S/C24H18O/c25-20-12-8-11-19(17-20)22-14-5-7-16-24(22)23-15-6-4-13-21(23)18-9-2-1-3-10-18/h1-17,25H. The minimum absolute atomic E-state index is 0.281. The quantitative estimate of drug-likeness (QED) is 0.463. The van der Waals surface area contributed by atoms with Crippen LogP contribution in [0.5, 0.6) is 5.75 Å². The topological polar surface area (TPSA) is 20.2 Å². The second-order valence-electron chi connectivity index (χ2n) is 6.01. The number of hydrogen-bond donors (Lipinski definition) is 1. The molecule has 0 aliphatic heterocycles. The van der Waals surface area contributed by atoms with Gasteiger partial charge < -0.3 is 5.11 Å². The Kier molecular flexibility index (Phi) is 4.05. The molecule has 0 unspecified atom stereocenters. The maximum absolute atomic E-state index is 9.87. The summed E-state index contributed by atoms with van der Waals surface area (Å²) in [5.41, 5.74) is 6.87. The van der Waals surface area contributed by atoms with Crippen LogP contribution in [0.1, 0.15) is 0 Å². The molecule has 0 bridgehead atoms. The minimum Gasteiger partial charge on any atom is -0.508 e. The Morgan fingerprint density at radius 2 is 0.880 bits per heavy atom. The zero-order valence-corrected chi connectivity index (χ0v) is 13.8. The molecule has 1 N–H and O–H groups in total. The third kappa shape index (κ3) is 3.05. The molecule has 1 heteroatoms. The van der Waals surface area contributed by atoms with Gasteiger partial charge >= 0.3 is 0 Å². The summed E-state index contributed by atoms with van der Waals surface area (Å²) < 4.78 is 0. The van der Waals surface area contributed by atoms with Gasteiger partial charge in [-0.2, -0.15) is 0 Å². The highest BCUT2D eigenvalue weighted by molar-refractivity contribution is 5.91. The van der Waals surface area contributed by atoms with Crippen molar-refractivity contribution in [1.29, 1.82) is 0 Å². The van der Waals surface area contributed by atoms with Crippen LogP contribution in [0.2, 0.25) is 0 Å². The minimum atomic E-state index is 0.281. The van der Waals surface area contributed by atoms with Crippen LogP contribution in [0.25, 0.3) is 33.4 Å². The van der Waals surface area contributed by atoms with Crippen LogP contribution in [0.3, 0.4) is 0 Å². The second kappa shape index (κ2) is 6.66. The fourth-order valence-electron chi connectivity index (χ4n) is 3.23. The van der Waals surface area contributed by atoms with Crippen LogP contribution >= 0.6 is 0 Å². The Morgan fingerprint density at radius 3 is 1.48 bits per heavy atom. The second-order valence-corrected chi connectivity index (χ2v) is 6.01. The highest BCUT2D eigenvalue weighted by Crippen LogP contribution is 2.38. The lowest BCUT2D eigenvalue weighted by Crippen LogP contribution is -1.88. The van der Waals surface area contributed by atoms with Gasteiger partial charge in [0.1, 0.15) is 5.75 Å². The van der Waals surface area contributed by atoms with Gasteiger partial charge in [0.05, 0.1) is 0 Å². The first-order valence-electron chi connectivity index (χ1n) is 8.36. The van der Waals surface area contributed by atoms with Gasteiger partial charge in [0.25, 0.3) is 0 Å². The molecule has 4 aromatic rings. The van der Waals surface area contributed by atoms with Gasteiger partial charge in [-0.3, -0.25) is 0 Å². The van der Waals surface area contributed by atoms with Crippen molar-refractivity contribution in [2.75, 3.05) is 0 Å². The van der Waals surface area contributed by atoms with E-state index < -0.39 is 0 Å². The summed E-state index contributed by atoms with van der Waals surface area (Å²) in [5.74, 6) is 0.281. The Labute approximate surface area is 147 Å². The van der Waals surface area contributed by atoms with Gasteiger partial charge in [-0.25, -0.2) is 0 Å². The Morgan fingerprint density at radius 1 is 0.400 bits per heavy atom. The van der Waals surface area contributed by atoms with E-state index in [2.05, 4.69) is 66.7 Å². The SMILES string of the molecule is Oc1cccc(-c2ccccc2-c2ccccc2-c2ccccc2)c1. The normalized spacial score (nSPS) is 10.6. The van der Waals surface area contributed by atoms with E-state index in [1.54, 1.807) is 6.07 Å². The molecular formula is C24H18O. The smallest absolute Gasteiger partial charge is 0.116 e. The predicted octanol–water partition coefficient (Wildman–Crippen LogP) is 6.39. The van der Waals surface area contributed by atoms with E-state index in [1.165, 1.54) is 16.7 Å². The fraction of sp³-hybridized carbons (Fsp3) is 0. The number of phenolic OH excluding ortho intramolecular Hbond substituents is 1. The molecule has 0 radical (unpaired) electrons. The molecule has 25 heavy (non-hydrogen) atoms. The summed E-state index contributed by atoms with van der Waals surface area (Å²) in [6.45, 7) is 0. The van der Waals surface area contributed by atoms with Crippen molar-refractivity contribution in [2.24, 2.45) is 0 Å². The molecule has 0 saturated carbocycles. The molecule has 0 fully saturated rings. The molecule has 0 saturated heterocycles. The lowest BCUT2D eigenvalue weighted by molar-refractivity contribution is 0.475. The predicted molar refractivity (Wildman–Crippen MR) is 104 cm³/mol. The first-order valence-corrected chi connectivity index (χ1v) is 8.36. The highest BCUT2D eigenvalue weighted by atomic mass is 16.3. The molecule has 1 nitrogen and oxygen atoms in total. The molecule has 0 aromatic heterocycles. The maximum Gasteiger partial charge on any atom is 0.116 e. The van der Waals surface area contributed by atoms with Gasteiger partial charge in [0.15, 0.2) is 0 Å². The summed E-state index contributed by atoms with van der Waals surface area (Å²) in [5, 5.41) is 9.87. The Bertz CT molecular complexity index is 1000. The molecule has 120 valence electrons. The van der Waals surface area contributed by atoms with Crippen molar-refractivity contribution in [1.82, 2.24) is 0 Å². The molecule has 0 heterocycles. The largest absolute Gasteiger partial charge is 0.508 e. The van der Waals surface area contributed by atoms with Crippen LogP contribution < -0.4 is 0 Å². The van der Waals surface area contributed by atoms with Gasteiger partial charge in [0.2, 0.25) is 0 Å². The van der Waals surface area contributed by atoms with Crippen LogP contribution in [-0.4, -0.2) is 5.11 Å². The summed E-state index contributed by atoms with van der Waals surface area (Å²) in [6, 6.07) is 34.6. The lowest BCUT2D eigenvalue weighted by Gasteiger charge is -2.14. The van der Waals surface area contributed by atoms with Gasteiger partial charge in [-0.15, -0.1) is 0 Å². The zero-order valence-electron chi connectivity index (χ0n) is 13.8. The average molecular weight is 322 g/mol. The van der Waals surface area contributed by atoms with Crippen LogP contribution in [0, 0.1) is 0 Å². The van der Waals surface area contributed by atoms with E-state index in [4.69, 9.17) is 0 Å². The van der Waals surface area contributed by atoms with Crippen molar-refractivity contribution in [3.8, 4) is 39.1 Å².